The Morgan fingerprint density at radius 2 is 1.69 bits per heavy atom. The molecule has 2 atom stereocenters. The monoisotopic (exact) mass is 382 g/mol. The summed E-state index contributed by atoms with van der Waals surface area (Å²) < 4.78 is 9.85. The van der Waals surface area contributed by atoms with E-state index in [0.717, 1.165) is 5.56 Å². The van der Waals surface area contributed by atoms with Gasteiger partial charge in [0.15, 0.2) is 0 Å². The van der Waals surface area contributed by atoms with Gasteiger partial charge in [0.2, 0.25) is 5.91 Å². The molecule has 0 saturated carbocycles. The Hall–Kier alpha value is -2.22. The summed E-state index contributed by atoms with van der Waals surface area (Å²) in [6.07, 6.45) is -0.471. The van der Waals surface area contributed by atoms with Gasteiger partial charge < -0.3 is 20.1 Å². The molecular weight excluding hydrogens is 356 g/mol. The number of hydrogen-bond acceptors (Lipinski definition) is 6. The summed E-state index contributed by atoms with van der Waals surface area (Å²) >= 11 is 4.05. The molecule has 2 N–H and O–H groups in total. The third kappa shape index (κ3) is 7.77. The number of hydrogen-bond donors (Lipinski definition) is 3. The number of carbonyl (C=O) groups excluding carboxylic acids is 3. The number of methoxy groups -OCH3 is 1. The first-order valence-electron chi connectivity index (χ1n) is 8.18. The van der Waals surface area contributed by atoms with Crippen LogP contribution in [0.15, 0.2) is 30.3 Å². The number of ether oxygens (including phenoxy) is 2. The highest BCUT2D eigenvalue weighted by Crippen LogP contribution is 2.09. The number of benzene rings is 1. The van der Waals surface area contributed by atoms with Gasteiger partial charge in [-0.15, -0.1) is 0 Å². The van der Waals surface area contributed by atoms with Crippen molar-refractivity contribution in [2.75, 3.05) is 12.9 Å². The predicted octanol–water partition coefficient (Wildman–Crippen LogP) is 1.71. The summed E-state index contributed by atoms with van der Waals surface area (Å²) in [5.41, 5.74) is 0.154. The molecule has 0 heterocycles. The van der Waals surface area contributed by atoms with Crippen LogP contribution in [0.25, 0.3) is 0 Å². The summed E-state index contributed by atoms with van der Waals surface area (Å²) in [5.74, 6) is -1.06. The van der Waals surface area contributed by atoms with Crippen LogP contribution in [0.1, 0.15) is 26.3 Å². The second kappa shape index (κ2) is 10.1. The van der Waals surface area contributed by atoms with Crippen molar-refractivity contribution in [3.63, 3.8) is 0 Å². The lowest BCUT2D eigenvalue weighted by Crippen LogP contribution is -2.53. The Labute approximate surface area is 159 Å². The average molecular weight is 382 g/mol. The molecular formula is C18H26N2O5S. The summed E-state index contributed by atoms with van der Waals surface area (Å²) in [7, 11) is 1.23. The maximum absolute atomic E-state index is 12.6. The van der Waals surface area contributed by atoms with E-state index in [-0.39, 0.29) is 12.2 Å². The Morgan fingerprint density at radius 1 is 1.08 bits per heavy atom. The van der Waals surface area contributed by atoms with Crippen LogP contribution >= 0.6 is 12.6 Å². The van der Waals surface area contributed by atoms with E-state index in [2.05, 4.69) is 28.0 Å². The minimum Gasteiger partial charge on any atom is -0.467 e. The van der Waals surface area contributed by atoms with Crippen molar-refractivity contribution < 1.29 is 23.9 Å². The van der Waals surface area contributed by atoms with Gasteiger partial charge in [-0.3, -0.25) is 4.79 Å². The maximum Gasteiger partial charge on any atom is 0.408 e. The molecule has 7 nitrogen and oxygen atoms in total. The highest BCUT2D eigenvalue weighted by atomic mass is 32.1. The molecule has 2 amide bonds. The molecule has 8 heteroatoms. The van der Waals surface area contributed by atoms with Gasteiger partial charge in [0.05, 0.1) is 7.11 Å². The number of amides is 2. The van der Waals surface area contributed by atoms with Crippen LogP contribution in [0.4, 0.5) is 4.79 Å². The third-order valence-corrected chi connectivity index (χ3v) is 3.64. The van der Waals surface area contributed by atoms with Crippen LogP contribution in [0.3, 0.4) is 0 Å². The summed E-state index contributed by atoms with van der Waals surface area (Å²) in [4.78, 5) is 36.4. The van der Waals surface area contributed by atoms with E-state index < -0.39 is 35.7 Å². The molecule has 1 aromatic carbocycles. The van der Waals surface area contributed by atoms with Crippen molar-refractivity contribution in [2.24, 2.45) is 0 Å². The molecule has 0 saturated heterocycles. The van der Waals surface area contributed by atoms with Crippen LogP contribution in [-0.4, -0.2) is 48.5 Å². The Bertz CT molecular complexity index is 616. The first kappa shape index (κ1) is 21.8. The van der Waals surface area contributed by atoms with E-state index in [1.165, 1.54) is 7.11 Å². The maximum atomic E-state index is 12.6. The van der Waals surface area contributed by atoms with E-state index in [9.17, 15) is 14.4 Å². The largest absolute Gasteiger partial charge is 0.467 e. The summed E-state index contributed by atoms with van der Waals surface area (Å²) in [5, 5.41) is 5.10. The smallest absolute Gasteiger partial charge is 0.408 e. The SMILES string of the molecule is COC(=O)C(CS)NC(=O)C(Cc1ccccc1)NC(=O)OC(C)(C)C. The van der Waals surface area contributed by atoms with Gasteiger partial charge >= 0.3 is 12.1 Å². The molecule has 0 aromatic heterocycles. The zero-order valence-corrected chi connectivity index (χ0v) is 16.3. The van der Waals surface area contributed by atoms with E-state index in [1.54, 1.807) is 20.8 Å². The van der Waals surface area contributed by atoms with Crippen molar-refractivity contribution in [3.05, 3.63) is 35.9 Å². The fourth-order valence-electron chi connectivity index (χ4n) is 2.10. The molecule has 2 unspecified atom stereocenters. The number of alkyl carbamates (subject to hydrolysis) is 1. The highest BCUT2D eigenvalue weighted by molar-refractivity contribution is 7.80. The molecule has 0 radical (unpaired) electrons. The van der Waals surface area contributed by atoms with Gasteiger partial charge in [0, 0.05) is 12.2 Å². The van der Waals surface area contributed by atoms with Crippen LogP contribution in [-0.2, 0) is 25.5 Å². The molecule has 0 aliphatic carbocycles. The number of thiol groups is 1. The summed E-state index contributed by atoms with van der Waals surface area (Å²) in [6, 6.07) is 7.38. The molecule has 144 valence electrons. The number of nitrogens with one attached hydrogen (secondary N) is 2. The topological polar surface area (TPSA) is 93.7 Å². The van der Waals surface area contributed by atoms with Gasteiger partial charge in [-0.25, -0.2) is 9.59 Å². The predicted molar refractivity (Wildman–Crippen MR) is 101 cm³/mol. The van der Waals surface area contributed by atoms with E-state index in [4.69, 9.17) is 4.74 Å². The molecule has 0 fully saturated rings. The third-order valence-electron chi connectivity index (χ3n) is 3.27. The fourth-order valence-corrected chi connectivity index (χ4v) is 2.34. The van der Waals surface area contributed by atoms with Crippen LogP contribution in [0.5, 0.6) is 0 Å². The molecule has 26 heavy (non-hydrogen) atoms. The van der Waals surface area contributed by atoms with Gasteiger partial charge in [-0.1, -0.05) is 30.3 Å². The van der Waals surface area contributed by atoms with Gasteiger partial charge in [-0.05, 0) is 26.3 Å². The lowest BCUT2D eigenvalue weighted by molar-refractivity contribution is -0.144. The molecule has 0 aliphatic heterocycles. The highest BCUT2D eigenvalue weighted by Gasteiger charge is 2.28. The normalized spacial score (nSPS) is 13.3. The van der Waals surface area contributed by atoms with Crippen molar-refractivity contribution in [3.8, 4) is 0 Å². The van der Waals surface area contributed by atoms with Crippen molar-refractivity contribution in [2.45, 2.75) is 44.9 Å². The number of esters is 1. The Morgan fingerprint density at radius 3 is 2.19 bits per heavy atom. The number of rotatable bonds is 7. The zero-order chi connectivity index (χ0) is 19.7. The molecule has 0 spiro atoms. The zero-order valence-electron chi connectivity index (χ0n) is 15.4. The van der Waals surface area contributed by atoms with Gasteiger partial charge in [-0.2, -0.15) is 12.6 Å². The van der Waals surface area contributed by atoms with Crippen molar-refractivity contribution in [1.82, 2.24) is 10.6 Å². The minimum absolute atomic E-state index is 0.0723. The Kier molecular flexibility index (Phi) is 8.44. The summed E-state index contributed by atoms with van der Waals surface area (Å²) in [6.45, 7) is 5.19. The van der Waals surface area contributed by atoms with Crippen molar-refractivity contribution >= 4 is 30.6 Å². The molecule has 1 rings (SSSR count). The average Bonchev–Trinajstić information content (AvgIpc) is 2.57. The van der Waals surface area contributed by atoms with Crippen LogP contribution in [0, 0.1) is 0 Å². The molecule has 0 bridgehead atoms. The van der Waals surface area contributed by atoms with E-state index >= 15 is 0 Å². The second-order valence-electron chi connectivity index (χ2n) is 6.66. The number of carbonyl (C=O) groups is 3. The first-order chi connectivity index (χ1) is 12.2. The minimum atomic E-state index is -0.917. The Balaban J connectivity index is 2.89. The molecule has 1 aromatic rings. The quantitative estimate of drug-likeness (QED) is 0.493. The molecule has 0 aliphatic rings. The standard InChI is InChI=1S/C18H26N2O5S/c1-18(2,3)25-17(23)20-13(10-12-8-6-5-7-9-12)15(21)19-14(11-26)16(22)24-4/h5-9,13-14,26H,10-11H2,1-4H3,(H,19,21)(H,20,23). The second-order valence-corrected chi connectivity index (χ2v) is 7.02. The fraction of sp³-hybridized carbons (Fsp3) is 0.500. The van der Waals surface area contributed by atoms with Crippen LogP contribution in [0.2, 0.25) is 0 Å². The van der Waals surface area contributed by atoms with Gasteiger partial charge in [0.25, 0.3) is 0 Å². The lowest BCUT2D eigenvalue weighted by atomic mass is 10.1. The van der Waals surface area contributed by atoms with E-state index in [1.807, 2.05) is 30.3 Å². The van der Waals surface area contributed by atoms with E-state index in [0.29, 0.717) is 0 Å². The van der Waals surface area contributed by atoms with Crippen molar-refractivity contribution in [1.29, 1.82) is 0 Å². The van der Waals surface area contributed by atoms with Crippen LogP contribution < -0.4 is 10.6 Å². The lowest BCUT2D eigenvalue weighted by Gasteiger charge is -2.24. The first-order valence-corrected chi connectivity index (χ1v) is 8.82. The van der Waals surface area contributed by atoms with Gasteiger partial charge in [0.1, 0.15) is 17.7 Å².